The van der Waals surface area contributed by atoms with Crippen molar-refractivity contribution in [1.29, 1.82) is 0 Å². The van der Waals surface area contributed by atoms with Crippen LogP contribution in [0.3, 0.4) is 0 Å². The third-order valence-corrected chi connectivity index (χ3v) is 3.39. The second-order valence-electron chi connectivity index (χ2n) is 4.78. The predicted octanol–water partition coefficient (Wildman–Crippen LogP) is 2.00. The van der Waals surface area contributed by atoms with Crippen LogP contribution in [-0.4, -0.2) is 36.5 Å². The van der Waals surface area contributed by atoms with Crippen LogP contribution in [0.4, 0.5) is 0 Å². The van der Waals surface area contributed by atoms with Gasteiger partial charge in [-0.15, -0.1) is 0 Å². The summed E-state index contributed by atoms with van der Waals surface area (Å²) in [5.74, 6) is 1.29. The fourth-order valence-electron chi connectivity index (χ4n) is 2.34. The van der Waals surface area contributed by atoms with Gasteiger partial charge in [-0.3, -0.25) is 0 Å². The lowest BCUT2D eigenvalue weighted by atomic mass is 10.2. The van der Waals surface area contributed by atoms with Crippen LogP contribution < -0.4 is 5.32 Å². The van der Waals surface area contributed by atoms with Gasteiger partial charge in [0.1, 0.15) is 6.10 Å². The van der Waals surface area contributed by atoms with Gasteiger partial charge in [-0.2, -0.15) is 4.98 Å². The van der Waals surface area contributed by atoms with Crippen LogP contribution in [0.1, 0.15) is 57.0 Å². The van der Waals surface area contributed by atoms with E-state index in [1.54, 1.807) is 7.11 Å². The summed E-state index contributed by atoms with van der Waals surface area (Å²) in [5.41, 5.74) is 0. The second kappa shape index (κ2) is 6.98. The number of rotatable bonds is 7. The van der Waals surface area contributed by atoms with Crippen molar-refractivity contribution in [3.63, 3.8) is 0 Å². The molecule has 1 saturated heterocycles. The monoisotopic (exact) mass is 269 g/mol. The molecule has 3 unspecified atom stereocenters. The van der Waals surface area contributed by atoms with Crippen LogP contribution in [0.5, 0.6) is 0 Å². The summed E-state index contributed by atoms with van der Waals surface area (Å²) >= 11 is 0. The molecule has 6 heteroatoms. The topological polar surface area (TPSA) is 69.4 Å². The molecule has 0 saturated carbocycles. The molecule has 0 bridgehead atoms. The summed E-state index contributed by atoms with van der Waals surface area (Å²) in [6.45, 7) is 5.57. The highest BCUT2D eigenvalue weighted by atomic mass is 16.5. The van der Waals surface area contributed by atoms with Gasteiger partial charge in [0, 0.05) is 20.3 Å². The molecule has 0 radical (unpaired) electrons. The molecule has 108 valence electrons. The molecule has 3 atom stereocenters. The lowest BCUT2D eigenvalue weighted by molar-refractivity contribution is 0.0477. The van der Waals surface area contributed by atoms with Gasteiger partial charge in [0.15, 0.2) is 0 Å². The van der Waals surface area contributed by atoms with Crippen molar-refractivity contribution < 1.29 is 14.0 Å². The van der Waals surface area contributed by atoms with Gasteiger partial charge >= 0.3 is 0 Å². The normalized spacial score (nSPS) is 24.8. The molecule has 0 aromatic carbocycles. The summed E-state index contributed by atoms with van der Waals surface area (Å²) in [7, 11) is 1.72. The fourth-order valence-corrected chi connectivity index (χ4v) is 2.34. The Bertz CT molecular complexity index is 377. The van der Waals surface area contributed by atoms with Crippen molar-refractivity contribution in [3.05, 3.63) is 11.7 Å². The first-order chi connectivity index (χ1) is 9.28. The maximum absolute atomic E-state index is 5.66. The molecule has 2 rings (SSSR count). The average molecular weight is 269 g/mol. The first kappa shape index (κ1) is 14.4. The highest BCUT2D eigenvalue weighted by molar-refractivity contribution is 4.99. The van der Waals surface area contributed by atoms with Crippen molar-refractivity contribution >= 4 is 0 Å². The first-order valence-corrected chi connectivity index (χ1v) is 6.99. The standard InChI is InChI=1S/C13H23N3O3/c1-4-6-11(18-5-2)12-15-13(19-16-12)10-7-9(17-3)8-14-10/h9-11,14H,4-8H2,1-3H3. The summed E-state index contributed by atoms with van der Waals surface area (Å²) in [6, 6.07) is 0.0927. The molecule has 1 aromatic heterocycles. The van der Waals surface area contributed by atoms with Gasteiger partial charge in [-0.05, 0) is 19.8 Å². The van der Waals surface area contributed by atoms with Crippen LogP contribution in [0.15, 0.2) is 4.52 Å². The van der Waals surface area contributed by atoms with E-state index < -0.39 is 0 Å². The third-order valence-electron chi connectivity index (χ3n) is 3.39. The zero-order valence-electron chi connectivity index (χ0n) is 11.9. The highest BCUT2D eigenvalue weighted by Gasteiger charge is 2.30. The number of methoxy groups -OCH3 is 1. The highest BCUT2D eigenvalue weighted by Crippen LogP contribution is 2.26. The molecular formula is C13H23N3O3. The zero-order chi connectivity index (χ0) is 13.7. The Kier molecular flexibility index (Phi) is 5.30. The van der Waals surface area contributed by atoms with E-state index in [4.69, 9.17) is 14.0 Å². The third kappa shape index (κ3) is 3.52. The van der Waals surface area contributed by atoms with Gasteiger partial charge < -0.3 is 19.3 Å². The number of hydrogen-bond donors (Lipinski definition) is 1. The Hall–Kier alpha value is -0.980. The largest absolute Gasteiger partial charge is 0.380 e. The van der Waals surface area contributed by atoms with Crippen LogP contribution in [0, 0.1) is 0 Å². The smallest absolute Gasteiger partial charge is 0.243 e. The molecular weight excluding hydrogens is 246 g/mol. The molecule has 2 heterocycles. The van der Waals surface area contributed by atoms with E-state index in [0.29, 0.717) is 18.3 Å². The molecule has 1 aliphatic rings. The molecule has 1 aromatic rings. The Morgan fingerprint density at radius 3 is 2.95 bits per heavy atom. The van der Waals surface area contributed by atoms with Gasteiger partial charge in [-0.25, -0.2) is 0 Å². The lowest BCUT2D eigenvalue weighted by Crippen LogP contribution is -2.16. The number of hydrogen-bond acceptors (Lipinski definition) is 6. The molecule has 1 fully saturated rings. The summed E-state index contributed by atoms with van der Waals surface area (Å²) in [5, 5.41) is 7.39. The van der Waals surface area contributed by atoms with E-state index in [2.05, 4.69) is 22.4 Å². The molecule has 0 amide bonds. The van der Waals surface area contributed by atoms with Crippen molar-refractivity contribution in [3.8, 4) is 0 Å². The molecule has 19 heavy (non-hydrogen) atoms. The van der Waals surface area contributed by atoms with E-state index in [-0.39, 0.29) is 18.2 Å². The van der Waals surface area contributed by atoms with E-state index >= 15 is 0 Å². The second-order valence-corrected chi connectivity index (χ2v) is 4.78. The Balaban J connectivity index is 2.01. The minimum Gasteiger partial charge on any atom is -0.380 e. The van der Waals surface area contributed by atoms with E-state index in [0.717, 1.165) is 25.8 Å². The van der Waals surface area contributed by atoms with Crippen molar-refractivity contribution in [2.24, 2.45) is 0 Å². The van der Waals surface area contributed by atoms with Gasteiger partial charge in [0.2, 0.25) is 11.7 Å². The summed E-state index contributed by atoms with van der Waals surface area (Å²) in [6.07, 6.45) is 2.96. The number of ether oxygens (including phenoxy) is 2. The number of nitrogens with one attached hydrogen (secondary N) is 1. The minimum absolute atomic E-state index is 0.0628. The Morgan fingerprint density at radius 1 is 1.47 bits per heavy atom. The Labute approximate surface area is 113 Å². The molecule has 0 spiro atoms. The maximum atomic E-state index is 5.66. The summed E-state index contributed by atoms with van der Waals surface area (Å²) in [4.78, 5) is 4.48. The summed E-state index contributed by atoms with van der Waals surface area (Å²) < 4.78 is 16.3. The molecule has 6 nitrogen and oxygen atoms in total. The zero-order valence-corrected chi connectivity index (χ0v) is 11.9. The lowest BCUT2D eigenvalue weighted by Gasteiger charge is -2.11. The molecule has 0 aliphatic carbocycles. The fraction of sp³-hybridized carbons (Fsp3) is 0.846. The van der Waals surface area contributed by atoms with Crippen molar-refractivity contribution in [2.45, 2.75) is 51.4 Å². The quantitative estimate of drug-likeness (QED) is 0.816. The van der Waals surface area contributed by atoms with Crippen LogP contribution in [0.25, 0.3) is 0 Å². The number of aromatic nitrogens is 2. The maximum Gasteiger partial charge on any atom is 0.243 e. The average Bonchev–Trinajstić information content (AvgIpc) is 3.07. The van der Waals surface area contributed by atoms with Crippen LogP contribution in [-0.2, 0) is 9.47 Å². The van der Waals surface area contributed by atoms with E-state index in [9.17, 15) is 0 Å². The molecule has 1 aliphatic heterocycles. The minimum atomic E-state index is -0.0628. The van der Waals surface area contributed by atoms with Crippen LogP contribution in [0.2, 0.25) is 0 Å². The SMILES string of the molecule is CCCC(OCC)c1noc(C2CC(OC)CN2)n1. The number of nitrogens with zero attached hydrogens (tertiary/aromatic N) is 2. The van der Waals surface area contributed by atoms with Crippen molar-refractivity contribution in [2.75, 3.05) is 20.3 Å². The van der Waals surface area contributed by atoms with Crippen molar-refractivity contribution in [1.82, 2.24) is 15.5 Å². The van der Waals surface area contributed by atoms with Gasteiger partial charge in [0.25, 0.3) is 0 Å². The van der Waals surface area contributed by atoms with Gasteiger partial charge in [0.05, 0.1) is 12.1 Å². The van der Waals surface area contributed by atoms with E-state index in [1.165, 1.54) is 0 Å². The van der Waals surface area contributed by atoms with Gasteiger partial charge in [-0.1, -0.05) is 18.5 Å². The van der Waals surface area contributed by atoms with E-state index in [1.807, 2.05) is 6.92 Å². The first-order valence-electron chi connectivity index (χ1n) is 6.99. The van der Waals surface area contributed by atoms with Crippen LogP contribution >= 0.6 is 0 Å². The molecule has 1 N–H and O–H groups in total. The predicted molar refractivity (Wildman–Crippen MR) is 69.7 cm³/mol. The Morgan fingerprint density at radius 2 is 2.32 bits per heavy atom.